The van der Waals surface area contributed by atoms with E-state index in [1.165, 1.54) is 6.07 Å². The molecule has 1 aromatic heterocycles. The van der Waals surface area contributed by atoms with Gasteiger partial charge in [-0.25, -0.2) is 9.37 Å². The maximum absolute atomic E-state index is 14.7. The molecule has 4 rings (SSSR count). The first-order valence-corrected chi connectivity index (χ1v) is 12.7. The lowest BCUT2D eigenvalue weighted by atomic mass is 9.89. The molecule has 1 fully saturated rings. The third kappa shape index (κ3) is 5.16. The quantitative estimate of drug-likeness (QED) is 0.444. The van der Waals surface area contributed by atoms with Crippen LogP contribution >= 0.6 is 11.6 Å². The molecule has 8 heteroatoms. The molecule has 35 heavy (non-hydrogen) atoms. The number of aromatic nitrogens is 2. The lowest BCUT2D eigenvalue weighted by Gasteiger charge is -2.40. The number of hydrogen-bond acceptors (Lipinski definition) is 4. The second-order valence-corrected chi connectivity index (χ2v) is 10.2. The number of hydrogen-bond donors (Lipinski definition) is 2. The summed E-state index contributed by atoms with van der Waals surface area (Å²) in [7, 11) is 4.29. The number of H-pyrrole nitrogens is 1. The Labute approximate surface area is 211 Å². The highest BCUT2D eigenvalue weighted by Crippen LogP contribution is 2.34. The maximum atomic E-state index is 14.7. The van der Waals surface area contributed by atoms with Gasteiger partial charge in [-0.3, -0.25) is 4.79 Å². The van der Waals surface area contributed by atoms with Crippen molar-refractivity contribution < 1.29 is 9.18 Å². The smallest absolute Gasteiger partial charge is 0.251 e. The monoisotopic (exact) mass is 499 g/mol. The van der Waals surface area contributed by atoms with E-state index < -0.39 is 0 Å². The number of benzene rings is 2. The summed E-state index contributed by atoms with van der Waals surface area (Å²) >= 11 is 6.51. The van der Waals surface area contributed by atoms with Crippen LogP contribution in [0.1, 0.15) is 59.7 Å². The highest BCUT2D eigenvalue weighted by molar-refractivity contribution is 6.31. The first kappa shape index (κ1) is 25.5. The minimum Gasteiger partial charge on any atom is -0.369 e. The number of amides is 1. The molecule has 6 nitrogen and oxygen atoms in total. The molecule has 0 radical (unpaired) electrons. The van der Waals surface area contributed by atoms with Crippen molar-refractivity contribution in [1.29, 1.82) is 0 Å². The van der Waals surface area contributed by atoms with Crippen molar-refractivity contribution in [2.24, 2.45) is 0 Å². The topological polar surface area (TPSA) is 64.3 Å². The van der Waals surface area contributed by atoms with Gasteiger partial charge in [0.1, 0.15) is 5.82 Å². The van der Waals surface area contributed by atoms with Crippen molar-refractivity contribution in [2.75, 3.05) is 25.5 Å². The standard InChI is InChI=1S/C27H35ClFN5O/c1-6-34(20-9-7-19(8-10-20)33(4)5)24-13-18(28)12-21(17(24)3)27(35)30-14-22-23(29)11-16(2)25-26(22)32-15-31-25/h11-13,15,19-20H,6-10,14H2,1-5H3,(H,30,35)(H,31,32). The fraction of sp³-hybridized carbons (Fsp3) is 0.481. The van der Waals surface area contributed by atoms with Crippen LogP contribution in [-0.4, -0.2) is 53.5 Å². The molecular weight excluding hydrogens is 465 g/mol. The third-order valence-corrected chi connectivity index (χ3v) is 7.67. The molecule has 1 heterocycles. The molecule has 188 valence electrons. The highest BCUT2D eigenvalue weighted by atomic mass is 35.5. The Morgan fingerprint density at radius 2 is 1.86 bits per heavy atom. The van der Waals surface area contributed by atoms with E-state index in [-0.39, 0.29) is 18.3 Å². The van der Waals surface area contributed by atoms with Gasteiger partial charge in [0.25, 0.3) is 5.91 Å². The van der Waals surface area contributed by atoms with Crippen LogP contribution in [0.25, 0.3) is 11.0 Å². The molecule has 1 saturated carbocycles. The molecule has 0 aliphatic heterocycles. The number of imidazole rings is 1. The van der Waals surface area contributed by atoms with Gasteiger partial charge < -0.3 is 20.1 Å². The second-order valence-electron chi connectivity index (χ2n) is 9.77. The molecule has 0 spiro atoms. The normalized spacial score (nSPS) is 18.3. The number of rotatable bonds is 7. The number of nitrogens with one attached hydrogen (secondary N) is 2. The summed E-state index contributed by atoms with van der Waals surface area (Å²) in [5.74, 6) is -0.639. The van der Waals surface area contributed by atoms with Crippen LogP contribution < -0.4 is 10.2 Å². The Hall–Kier alpha value is -2.64. The van der Waals surface area contributed by atoms with Crippen molar-refractivity contribution in [3.05, 3.63) is 57.6 Å². The summed E-state index contributed by atoms with van der Waals surface area (Å²) in [5, 5.41) is 3.42. The van der Waals surface area contributed by atoms with Crippen LogP contribution in [0.4, 0.5) is 10.1 Å². The van der Waals surface area contributed by atoms with E-state index in [9.17, 15) is 9.18 Å². The Bertz CT molecular complexity index is 1220. The zero-order valence-corrected chi connectivity index (χ0v) is 22.0. The predicted octanol–water partition coefficient (Wildman–Crippen LogP) is 5.60. The Morgan fingerprint density at radius 3 is 2.51 bits per heavy atom. The molecule has 0 atom stereocenters. The first-order valence-electron chi connectivity index (χ1n) is 12.3. The summed E-state index contributed by atoms with van der Waals surface area (Å²) in [5.41, 5.74) is 4.86. The minimum absolute atomic E-state index is 0.0525. The number of aromatic amines is 1. The fourth-order valence-electron chi connectivity index (χ4n) is 5.44. The molecule has 2 N–H and O–H groups in total. The van der Waals surface area contributed by atoms with Gasteiger partial charge in [0.05, 0.1) is 17.4 Å². The van der Waals surface area contributed by atoms with E-state index in [0.29, 0.717) is 39.3 Å². The van der Waals surface area contributed by atoms with Crippen LogP contribution in [0, 0.1) is 19.7 Å². The summed E-state index contributed by atoms with van der Waals surface area (Å²) in [6.45, 7) is 6.82. The predicted molar refractivity (Wildman–Crippen MR) is 141 cm³/mol. The summed E-state index contributed by atoms with van der Waals surface area (Å²) in [6, 6.07) is 6.15. The third-order valence-electron chi connectivity index (χ3n) is 7.45. The van der Waals surface area contributed by atoms with Crippen molar-refractivity contribution in [2.45, 2.75) is 65.1 Å². The van der Waals surface area contributed by atoms with Crippen LogP contribution in [0.15, 0.2) is 24.5 Å². The molecule has 2 aromatic carbocycles. The average molecular weight is 500 g/mol. The summed E-state index contributed by atoms with van der Waals surface area (Å²) < 4.78 is 14.7. The summed E-state index contributed by atoms with van der Waals surface area (Å²) in [4.78, 5) is 25.2. The van der Waals surface area contributed by atoms with E-state index in [0.717, 1.165) is 49.0 Å². The summed E-state index contributed by atoms with van der Waals surface area (Å²) in [6.07, 6.45) is 6.08. The Kier molecular flexibility index (Phi) is 7.67. The number of halogens is 2. The van der Waals surface area contributed by atoms with E-state index >= 15 is 0 Å². The second kappa shape index (κ2) is 10.5. The zero-order chi connectivity index (χ0) is 25.3. The molecule has 0 bridgehead atoms. The molecule has 1 aliphatic carbocycles. The van der Waals surface area contributed by atoms with Gasteiger partial charge in [-0.1, -0.05) is 11.6 Å². The van der Waals surface area contributed by atoms with E-state index in [4.69, 9.17) is 11.6 Å². The number of fused-ring (bicyclic) bond motifs is 1. The van der Waals surface area contributed by atoms with Crippen LogP contribution in [0.5, 0.6) is 0 Å². The number of carbonyl (C=O) groups excluding carboxylic acids is 1. The zero-order valence-electron chi connectivity index (χ0n) is 21.2. The molecule has 1 amide bonds. The molecule has 0 unspecified atom stereocenters. The van der Waals surface area contributed by atoms with E-state index in [2.05, 4.69) is 46.1 Å². The van der Waals surface area contributed by atoms with E-state index in [1.54, 1.807) is 12.4 Å². The van der Waals surface area contributed by atoms with E-state index in [1.807, 2.05) is 19.9 Å². The Balaban J connectivity index is 1.56. The largest absolute Gasteiger partial charge is 0.369 e. The van der Waals surface area contributed by atoms with Crippen molar-refractivity contribution in [3.8, 4) is 0 Å². The van der Waals surface area contributed by atoms with Crippen LogP contribution in [-0.2, 0) is 6.54 Å². The maximum Gasteiger partial charge on any atom is 0.251 e. The van der Waals surface area contributed by atoms with Crippen LogP contribution in [0.2, 0.25) is 5.02 Å². The van der Waals surface area contributed by atoms with Gasteiger partial charge in [0.2, 0.25) is 0 Å². The fourth-order valence-corrected chi connectivity index (χ4v) is 5.65. The van der Waals surface area contributed by atoms with Crippen molar-refractivity contribution in [3.63, 3.8) is 0 Å². The molecule has 0 saturated heterocycles. The highest BCUT2D eigenvalue weighted by Gasteiger charge is 2.28. The van der Waals surface area contributed by atoms with Gasteiger partial charge in [0.15, 0.2) is 0 Å². The van der Waals surface area contributed by atoms with Crippen molar-refractivity contribution in [1.82, 2.24) is 20.2 Å². The van der Waals surface area contributed by atoms with Gasteiger partial charge in [0, 0.05) is 47.0 Å². The minimum atomic E-state index is -0.367. The van der Waals surface area contributed by atoms with Crippen LogP contribution in [0.3, 0.4) is 0 Å². The first-order chi connectivity index (χ1) is 16.7. The Morgan fingerprint density at radius 1 is 1.17 bits per heavy atom. The number of carbonyl (C=O) groups is 1. The number of aryl methyl sites for hydroxylation is 1. The van der Waals surface area contributed by atoms with Gasteiger partial charge in [-0.05, 0) is 89.9 Å². The lowest BCUT2D eigenvalue weighted by Crippen LogP contribution is -2.42. The average Bonchev–Trinajstić information content (AvgIpc) is 3.32. The number of nitrogens with zero attached hydrogens (tertiary/aromatic N) is 3. The van der Waals surface area contributed by atoms with Gasteiger partial charge in [-0.15, -0.1) is 0 Å². The molecular formula is C27H35ClFN5O. The van der Waals surface area contributed by atoms with Crippen molar-refractivity contribution >= 4 is 34.2 Å². The lowest BCUT2D eigenvalue weighted by molar-refractivity contribution is 0.0950. The molecule has 3 aromatic rings. The molecule has 1 aliphatic rings. The van der Waals surface area contributed by atoms with Gasteiger partial charge in [-0.2, -0.15) is 0 Å². The van der Waals surface area contributed by atoms with Gasteiger partial charge >= 0.3 is 0 Å². The number of anilines is 1. The SMILES string of the molecule is CCN(c1cc(Cl)cc(C(=O)NCc2c(F)cc(C)c3nc[nH]c23)c1C)C1CCC(N(C)C)CC1.